The average molecular weight is 317 g/mol. The van der Waals surface area contributed by atoms with Crippen LogP contribution in [0, 0.1) is 6.42 Å². The molecule has 24 heavy (non-hydrogen) atoms. The lowest BCUT2D eigenvalue weighted by Crippen LogP contribution is -2.10. The number of allylic oxidation sites excluding steroid dienone is 2. The van der Waals surface area contributed by atoms with E-state index in [0.29, 0.717) is 0 Å². The molecule has 1 aliphatic carbocycles. The molecule has 125 valence electrons. The van der Waals surface area contributed by atoms with Crippen LogP contribution in [-0.2, 0) is 5.41 Å². The van der Waals surface area contributed by atoms with Crippen molar-refractivity contribution in [3.05, 3.63) is 71.1 Å². The van der Waals surface area contributed by atoms with Crippen LogP contribution in [0.4, 0.5) is 0 Å². The summed E-state index contributed by atoms with van der Waals surface area (Å²) in [6.07, 6.45) is 6.04. The van der Waals surface area contributed by atoms with Crippen LogP contribution in [0.3, 0.4) is 0 Å². The van der Waals surface area contributed by atoms with Gasteiger partial charge in [0.15, 0.2) is 0 Å². The van der Waals surface area contributed by atoms with E-state index in [-0.39, 0.29) is 5.41 Å². The zero-order valence-corrected chi connectivity index (χ0v) is 15.7. The van der Waals surface area contributed by atoms with Gasteiger partial charge in [0.1, 0.15) is 0 Å². The van der Waals surface area contributed by atoms with Gasteiger partial charge in [0.25, 0.3) is 0 Å². The second-order valence-corrected chi connectivity index (χ2v) is 8.01. The molecule has 0 fully saturated rings. The van der Waals surface area contributed by atoms with Crippen molar-refractivity contribution in [2.75, 3.05) is 0 Å². The fraction of sp³-hybridized carbons (Fsp3) is 0.375. The van der Waals surface area contributed by atoms with Crippen LogP contribution in [0.1, 0.15) is 70.6 Å². The Kier molecular flexibility index (Phi) is 4.67. The fourth-order valence-electron chi connectivity index (χ4n) is 3.61. The normalized spacial score (nSPS) is 14.2. The molecule has 0 heterocycles. The molecule has 1 radical (unpaired) electrons. The second-order valence-electron chi connectivity index (χ2n) is 8.01. The topological polar surface area (TPSA) is 0 Å². The molecular weight excluding hydrogens is 288 g/mol. The summed E-state index contributed by atoms with van der Waals surface area (Å²) < 4.78 is 0. The first-order valence-corrected chi connectivity index (χ1v) is 9.20. The maximum Gasteiger partial charge on any atom is 0.0164 e. The Morgan fingerprint density at radius 2 is 1.62 bits per heavy atom. The number of rotatable bonds is 4. The highest BCUT2D eigenvalue weighted by Crippen LogP contribution is 2.43. The lowest BCUT2D eigenvalue weighted by atomic mass is 9.85. The minimum Gasteiger partial charge on any atom is -0.0654 e. The molecular formula is C24H29. The molecule has 3 rings (SSSR count). The zero-order chi connectivity index (χ0) is 17.3. The number of hydrogen-bond donors (Lipinski definition) is 0. The van der Waals surface area contributed by atoms with Gasteiger partial charge in [-0.2, -0.15) is 0 Å². The van der Waals surface area contributed by atoms with Crippen molar-refractivity contribution in [3.63, 3.8) is 0 Å². The van der Waals surface area contributed by atoms with E-state index in [1.165, 1.54) is 52.7 Å². The summed E-state index contributed by atoms with van der Waals surface area (Å²) in [6.45, 7) is 11.3. The zero-order valence-electron chi connectivity index (χ0n) is 15.7. The van der Waals surface area contributed by atoms with Gasteiger partial charge in [-0.1, -0.05) is 82.2 Å². The van der Waals surface area contributed by atoms with E-state index in [9.17, 15) is 0 Å². The minimum atomic E-state index is 0.202. The van der Waals surface area contributed by atoms with Crippen LogP contribution in [0.25, 0.3) is 16.7 Å². The number of fused-ring (bicyclic) bond motifs is 1. The van der Waals surface area contributed by atoms with E-state index >= 15 is 0 Å². The summed E-state index contributed by atoms with van der Waals surface area (Å²) >= 11 is 0. The van der Waals surface area contributed by atoms with Gasteiger partial charge in [-0.3, -0.25) is 0 Å². The van der Waals surface area contributed by atoms with Gasteiger partial charge in [-0.25, -0.2) is 0 Å². The highest BCUT2D eigenvalue weighted by Gasteiger charge is 2.22. The smallest absolute Gasteiger partial charge is 0.0164 e. The first-order chi connectivity index (χ1) is 11.4. The number of benzene rings is 2. The molecule has 0 N–H and O–H groups in total. The van der Waals surface area contributed by atoms with Gasteiger partial charge in [-0.15, -0.1) is 0 Å². The molecule has 0 unspecified atom stereocenters. The molecule has 0 nitrogen and oxygen atoms in total. The molecule has 0 saturated heterocycles. The lowest BCUT2D eigenvalue weighted by molar-refractivity contribution is 0.590. The van der Waals surface area contributed by atoms with Crippen molar-refractivity contribution in [2.45, 2.75) is 59.3 Å². The first kappa shape index (κ1) is 17.0. The molecule has 0 bridgehead atoms. The van der Waals surface area contributed by atoms with Crippen molar-refractivity contribution >= 4 is 5.57 Å². The van der Waals surface area contributed by atoms with Crippen molar-refractivity contribution in [3.8, 4) is 11.1 Å². The Balaban J connectivity index is 2.04. The Morgan fingerprint density at radius 3 is 2.25 bits per heavy atom. The summed E-state index contributed by atoms with van der Waals surface area (Å²) in [5.41, 5.74) is 10.1. The fourth-order valence-corrected chi connectivity index (χ4v) is 3.61. The summed E-state index contributed by atoms with van der Waals surface area (Å²) in [4.78, 5) is 0. The van der Waals surface area contributed by atoms with Crippen LogP contribution >= 0.6 is 0 Å². The molecule has 2 aromatic rings. The first-order valence-electron chi connectivity index (χ1n) is 9.20. The Morgan fingerprint density at radius 1 is 0.917 bits per heavy atom. The van der Waals surface area contributed by atoms with Crippen molar-refractivity contribution in [1.29, 1.82) is 0 Å². The standard InChI is InChI=1S/C24H29/c1-6-7-10-21-17(2)16-19-9-8-11-22(23(19)21)18-12-14-20(15-13-18)24(3,4)5/h8-9,11-16H,6-7,10H2,1-5H3. The van der Waals surface area contributed by atoms with E-state index in [1.54, 1.807) is 5.57 Å². The average Bonchev–Trinajstić information content (AvgIpc) is 2.87. The minimum absolute atomic E-state index is 0.202. The Hall–Kier alpha value is -1.82. The molecule has 0 amide bonds. The van der Waals surface area contributed by atoms with Crippen LogP contribution in [0.5, 0.6) is 0 Å². The molecule has 2 aromatic carbocycles. The third kappa shape index (κ3) is 3.20. The van der Waals surface area contributed by atoms with E-state index < -0.39 is 0 Å². The molecule has 0 aliphatic heterocycles. The predicted molar refractivity (Wildman–Crippen MR) is 106 cm³/mol. The molecule has 1 aliphatic rings. The van der Waals surface area contributed by atoms with Crippen molar-refractivity contribution in [1.82, 2.24) is 0 Å². The second kappa shape index (κ2) is 6.59. The molecule has 0 atom stereocenters. The van der Waals surface area contributed by atoms with Crippen LogP contribution < -0.4 is 0 Å². The van der Waals surface area contributed by atoms with Crippen molar-refractivity contribution in [2.24, 2.45) is 0 Å². The summed E-state index contributed by atoms with van der Waals surface area (Å²) in [5, 5.41) is 0. The summed E-state index contributed by atoms with van der Waals surface area (Å²) in [7, 11) is 0. The highest BCUT2D eigenvalue weighted by molar-refractivity contribution is 5.90. The van der Waals surface area contributed by atoms with Crippen LogP contribution in [0.15, 0.2) is 48.0 Å². The maximum atomic E-state index is 2.35. The Bertz CT molecular complexity index is 752. The van der Waals surface area contributed by atoms with Gasteiger partial charge in [0, 0.05) is 6.42 Å². The van der Waals surface area contributed by atoms with Gasteiger partial charge in [0.2, 0.25) is 0 Å². The quantitative estimate of drug-likeness (QED) is 0.560. The van der Waals surface area contributed by atoms with E-state index in [1.807, 2.05) is 0 Å². The van der Waals surface area contributed by atoms with Gasteiger partial charge >= 0.3 is 0 Å². The largest absolute Gasteiger partial charge is 0.0654 e. The maximum absolute atomic E-state index is 2.35. The Labute approximate surface area is 147 Å². The highest BCUT2D eigenvalue weighted by atomic mass is 14.3. The van der Waals surface area contributed by atoms with Crippen LogP contribution in [-0.4, -0.2) is 0 Å². The SMILES string of the molecule is CCCCC1=C(C)[CH]c2cccc(-c3ccc(C(C)(C)C)cc3)c21. The monoisotopic (exact) mass is 317 g/mol. The van der Waals surface area contributed by atoms with Gasteiger partial charge < -0.3 is 0 Å². The number of unbranched alkanes of at least 4 members (excludes halogenated alkanes) is 1. The third-order valence-electron chi connectivity index (χ3n) is 5.09. The molecule has 0 aromatic heterocycles. The van der Waals surface area contributed by atoms with E-state index in [4.69, 9.17) is 0 Å². The molecule has 0 heteroatoms. The van der Waals surface area contributed by atoms with Crippen molar-refractivity contribution < 1.29 is 0 Å². The molecule has 0 spiro atoms. The number of hydrogen-bond acceptors (Lipinski definition) is 0. The lowest BCUT2D eigenvalue weighted by Gasteiger charge is -2.20. The molecule has 0 saturated carbocycles. The van der Waals surface area contributed by atoms with Crippen LogP contribution in [0.2, 0.25) is 0 Å². The van der Waals surface area contributed by atoms with Gasteiger partial charge in [0.05, 0.1) is 0 Å². The van der Waals surface area contributed by atoms with Gasteiger partial charge in [-0.05, 0) is 58.6 Å². The third-order valence-corrected chi connectivity index (χ3v) is 5.09. The summed E-state index contributed by atoms with van der Waals surface area (Å²) in [6, 6.07) is 15.9. The summed E-state index contributed by atoms with van der Waals surface area (Å²) in [5.74, 6) is 0. The predicted octanol–water partition coefficient (Wildman–Crippen LogP) is 7.18. The van der Waals surface area contributed by atoms with E-state index in [2.05, 4.69) is 83.5 Å². The van der Waals surface area contributed by atoms with E-state index in [0.717, 1.165) is 0 Å².